The monoisotopic (exact) mass is 670 g/mol. The van der Waals surface area contributed by atoms with Crippen LogP contribution in [0.5, 0.6) is 0 Å². The summed E-state index contributed by atoms with van der Waals surface area (Å²) in [5, 5.41) is 13.9. The van der Waals surface area contributed by atoms with Gasteiger partial charge >= 0.3 is 16.1 Å². The van der Waals surface area contributed by atoms with Gasteiger partial charge in [-0.2, -0.15) is 16.8 Å². The topological polar surface area (TPSA) is 166 Å². The van der Waals surface area contributed by atoms with E-state index in [-0.39, 0.29) is 13.0 Å². The molecule has 0 aliphatic carbocycles. The van der Waals surface area contributed by atoms with Crippen LogP contribution in [0.4, 0.5) is 0 Å². The van der Waals surface area contributed by atoms with E-state index < -0.39 is 73.9 Å². The molecular weight excluding hydrogens is 636 g/mol. The third-order valence-corrected chi connectivity index (χ3v) is 8.85. The summed E-state index contributed by atoms with van der Waals surface area (Å²) in [6, 6.07) is 25.5. The van der Waals surface area contributed by atoms with Crippen molar-refractivity contribution in [2.75, 3.05) is 25.7 Å². The molecule has 2 fully saturated rings. The molecule has 2 heterocycles. The predicted octanol–water partition coefficient (Wildman–Crippen LogP) is 2.58. The summed E-state index contributed by atoms with van der Waals surface area (Å²) in [7, 11) is -8.31. The van der Waals surface area contributed by atoms with Crippen molar-refractivity contribution in [3.8, 4) is 0 Å². The van der Waals surface area contributed by atoms with Crippen LogP contribution < -0.4 is 5.32 Å². The molecule has 0 saturated carbocycles. The van der Waals surface area contributed by atoms with Crippen LogP contribution >= 0.6 is 0 Å². The lowest BCUT2D eigenvalue weighted by Gasteiger charge is -2.51. The molecule has 2 aliphatic heterocycles. The number of aliphatic carboxylic acids is 1. The van der Waals surface area contributed by atoms with E-state index in [2.05, 4.69) is 5.32 Å². The maximum absolute atomic E-state index is 14.2. The van der Waals surface area contributed by atoms with Crippen molar-refractivity contribution in [1.29, 1.82) is 0 Å². The number of hydrogen-bond donors (Lipinski definition) is 2. The Labute approximate surface area is 267 Å². The van der Waals surface area contributed by atoms with E-state index in [0.29, 0.717) is 6.42 Å². The largest absolute Gasteiger partial charge is 0.476 e. The van der Waals surface area contributed by atoms with Gasteiger partial charge in [0.05, 0.1) is 30.7 Å². The van der Waals surface area contributed by atoms with Crippen LogP contribution in [0, 0.1) is 0 Å². The number of β-lactam (4-membered cyclic amide) rings is 1. The van der Waals surface area contributed by atoms with E-state index in [0.717, 1.165) is 34.1 Å². The first-order chi connectivity index (χ1) is 21.8. The third kappa shape index (κ3) is 7.00. The minimum absolute atomic E-state index is 0.223. The Kier molecular flexibility index (Phi) is 9.65. The number of carboxylic acid groups (broad SMARTS) is 1. The number of rotatable bonds is 13. The summed E-state index contributed by atoms with van der Waals surface area (Å²) in [4.78, 5) is 27.8. The van der Waals surface area contributed by atoms with E-state index >= 15 is 0 Å². The summed E-state index contributed by atoms with van der Waals surface area (Å²) < 4.78 is 64.7. The van der Waals surface area contributed by atoms with Gasteiger partial charge in [-0.1, -0.05) is 91.0 Å². The van der Waals surface area contributed by atoms with E-state index in [1.807, 2.05) is 91.0 Å². The smallest absolute Gasteiger partial charge is 0.356 e. The van der Waals surface area contributed by atoms with E-state index in [4.69, 9.17) is 13.1 Å². The fourth-order valence-electron chi connectivity index (χ4n) is 5.91. The van der Waals surface area contributed by atoms with Gasteiger partial charge < -0.3 is 14.0 Å². The average Bonchev–Trinajstić information content (AvgIpc) is 3.56. The zero-order valence-corrected chi connectivity index (χ0v) is 26.7. The van der Waals surface area contributed by atoms with Gasteiger partial charge in [0.2, 0.25) is 5.91 Å². The lowest BCUT2D eigenvalue weighted by molar-refractivity contribution is -0.155. The molecule has 3 atom stereocenters. The minimum atomic E-state index is -4.26. The molecule has 3 aromatic carbocycles. The van der Waals surface area contributed by atoms with Gasteiger partial charge in [-0.3, -0.25) is 19.2 Å². The SMILES string of the molecule is CS(=O)(=O)OC[C@@H]1[C@H](NC(c2ccccc2)(c2ccccc2)c2ccccc2)C(=O)N1C(C(=O)O)=C(OS(C)(=O)=O)[C@@H]1CCCO1. The van der Waals surface area contributed by atoms with Gasteiger partial charge in [-0.05, 0) is 29.5 Å². The van der Waals surface area contributed by atoms with Crippen LogP contribution in [-0.4, -0.2) is 82.6 Å². The average molecular weight is 671 g/mol. The van der Waals surface area contributed by atoms with Gasteiger partial charge in [0.1, 0.15) is 12.1 Å². The lowest BCUT2D eigenvalue weighted by Crippen LogP contribution is -2.74. The molecule has 244 valence electrons. The summed E-state index contributed by atoms with van der Waals surface area (Å²) in [6.07, 6.45) is 1.27. The van der Waals surface area contributed by atoms with E-state index in [9.17, 15) is 31.5 Å². The Balaban J connectivity index is 1.69. The first kappa shape index (κ1) is 33.3. The molecule has 0 bridgehead atoms. The van der Waals surface area contributed by atoms with Gasteiger partial charge in [0.25, 0.3) is 10.1 Å². The molecule has 5 rings (SSSR count). The second kappa shape index (κ2) is 13.3. The summed E-state index contributed by atoms with van der Waals surface area (Å²) in [6.45, 7) is -0.411. The Morgan fingerprint density at radius 2 is 1.39 bits per heavy atom. The van der Waals surface area contributed by atoms with Crippen LogP contribution in [0.2, 0.25) is 0 Å². The number of nitrogens with zero attached hydrogens (tertiary/aromatic N) is 1. The number of likely N-dealkylation sites (tertiary alicyclic amines) is 1. The Hall–Kier alpha value is -4.08. The molecular formula is C32H34N2O10S2. The summed E-state index contributed by atoms with van der Waals surface area (Å²) in [5.74, 6) is -2.99. The Bertz CT molecular complexity index is 1710. The van der Waals surface area contributed by atoms with Crippen molar-refractivity contribution in [2.24, 2.45) is 0 Å². The fraction of sp³-hybridized carbons (Fsp3) is 0.312. The number of carbonyl (C=O) groups is 2. The second-order valence-corrected chi connectivity index (χ2v) is 14.3. The molecule has 12 nitrogen and oxygen atoms in total. The van der Waals surface area contributed by atoms with Crippen LogP contribution in [0.15, 0.2) is 102 Å². The summed E-state index contributed by atoms with van der Waals surface area (Å²) >= 11 is 0. The van der Waals surface area contributed by atoms with Crippen molar-refractivity contribution in [2.45, 2.75) is 36.6 Å². The highest BCUT2D eigenvalue weighted by Crippen LogP contribution is 2.41. The fourth-order valence-corrected chi connectivity index (χ4v) is 6.81. The molecule has 3 aromatic rings. The highest BCUT2D eigenvalue weighted by Gasteiger charge is 2.56. The number of carbonyl (C=O) groups excluding carboxylic acids is 1. The zero-order chi connectivity index (χ0) is 33.1. The first-order valence-corrected chi connectivity index (χ1v) is 18.1. The number of nitrogens with one attached hydrogen (secondary N) is 1. The molecule has 2 aliphatic rings. The Morgan fingerprint density at radius 3 is 1.78 bits per heavy atom. The lowest BCUT2D eigenvalue weighted by atomic mass is 9.75. The van der Waals surface area contributed by atoms with Crippen molar-refractivity contribution in [3.63, 3.8) is 0 Å². The van der Waals surface area contributed by atoms with Crippen molar-refractivity contribution in [3.05, 3.63) is 119 Å². The van der Waals surface area contributed by atoms with Crippen LogP contribution in [0.3, 0.4) is 0 Å². The first-order valence-electron chi connectivity index (χ1n) is 14.4. The number of hydrogen-bond acceptors (Lipinski definition) is 10. The van der Waals surface area contributed by atoms with E-state index in [1.165, 1.54) is 0 Å². The summed E-state index contributed by atoms with van der Waals surface area (Å²) in [5.41, 5.74) is 0.280. The normalized spacial score (nSPS) is 21.0. The van der Waals surface area contributed by atoms with Gasteiger partial charge in [0, 0.05) is 6.61 Å². The molecule has 0 spiro atoms. The highest BCUT2D eigenvalue weighted by atomic mass is 32.2. The second-order valence-electron chi connectivity index (χ2n) is 11.0. The number of benzene rings is 3. The molecule has 0 radical (unpaired) electrons. The maximum Gasteiger partial charge on any atom is 0.356 e. The molecule has 46 heavy (non-hydrogen) atoms. The minimum Gasteiger partial charge on any atom is -0.476 e. The van der Waals surface area contributed by atoms with Crippen molar-refractivity contribution >= 4 is 32.1 Å². The predicted molar refractivity (Wildman–Crippen MR) is 167 cm³/mol. The van der Waals surface area contributed by atoms with E-state index in [1.54, 1.807) is 0 Å². The van der Waals surface area contributed by atoms with Gasteiger partial charge in [0.15, 0.2) is 11.5 Å². The molecule has 0 aromatic heterocycles. The number of carboxylic acids is 1. The Morgan fingerprint density at radius 1 is 0.891 bits per heavy atom. The van der Waals surface area contributed by atoms with Gasteiger partial charge in [-0.15, -0.1) is 0 Å². The van der Waals surface area contributed by atoms with Gasteiger partial charge in [-0.25, -0.2) is 4.79 Å². The highest BCUT2D eigenvalue weighted by molar-refractivity contribution is 7.86. The molecule has 2 saturated heterocycles. The standard InChI is InChI=1S/C32H34N2O10S2/c1-45(38,39)43-21-25-27(30(35)34(25)28(31(36)37)29(44-46(2,40)41)26-19-12-20-42-26)33-32(22-13-6-3-7-14-22,23-15-8-4-9-16-23)24-17-10-5-11-18-24/h3-11,13-18,25-27,33H,12,19-21H2,1-2H3,(H,36,37)/t25-,26+,27+/m1/s1. The molecule has 14 heteroatoms. The molecule has 1 amide bonds. The molecule has 2 N–H and O–H groups in total. The number of amides is 1. The molecule has 0 unspecified atom stereocenters. The quantitative estimate of drug-likeness (QED) is 0.0903. The zero-order valence-electron chi connectivity index (χ0n) is 25.1. The van der Waals surface area contributed by atoms with Crippen molar-refractivity contribution < 1.29 is 44.6 Å². The number of ether oxygens (including phenoxy) is 1. The maximum atomic E-state index is 14.2. The van der Waals surface area contributed by atoms with Crippen LogP contribution in [0.25, 0.3) is 0 Å². The van der Waals surface area contributed by atoms with Crippen molar-refractivity contribution in [1.82, 2.24) is 10.2 Å². The third-order valence-electron chi connectivity index (χ3n) is 7.81. The van der Waals surface area contributed by atoms with Crippen LogP contribution in [0.1, 0.15) is 29.5 Å². The van der Waals surface area contributed by atoms with Crippen LogP contribution in [-0.2, 0) is 48.5 Å².